The maximum Gasteiger partial charge on any atom is 0.305 e. The van der Waals surface area contributed by atoms with Gasteiger partial charge in [0.1, 0.15) is 11.0 Å². The number of nitro benzene ring substituents is 1. The van der Waals surface area contributed by atoms with Crippen LogP contribution < -0.4 is 19.8 Å². The van der Waals surface area contributed by atoms with Crippen molar-refractivity contribution >= 4 is 57.9 Å². The molecule has 1 saturated heterocycles. The fourth-order valence-electron chi connectivity index (χ4n) is 5.26. The summed E-state index contributed by atoms with van der Waals surface area (Å²) in [7, 11) is 0. The van der Waals surface area contributed by atoms with Crippen molar-refractivity contribution in [3.8, 4) is 5.75 Å². The molecule has 11 nitrogen and oxygen atoms in total. The van der Waals surface area contributed by atoms with Crippen LogP contribution in [0.2, 0.25) is 0 Å². The maximum atomic E-state index is 13.9. The van der Waals surface area contributed by atoms with Gasteiger partial charge in [0, 0.05) is 34.2 Å². The number of rotatable bonds is 7. The number of carbonyl (C=O) groups is 3. The van der Waals surface area contributed by atoms with Crippen molar-refractivity contribution in [1.82, 2.24) is 4.98 Å². The number of H-pyrrole nitrogens is 1. The second kappa shape index (κ2) is 10.9. The normalized spacial score (nSPS) is 19.3. The molecule has 0 saturated carbocycles. The molecule has 0 aliphatic carbocycles. The average molecular weight is 603 g/mol. The Bertz CT molecular complexity index is 1800. The zero-order chi connectivity index (χ0) is 29.5. The molecule has 3 heterocycles. The summed E-state index contributed by atoms with van der Waals surface area (Å²) in [6.07, 6.45) is 0. The first-order chi connectivity index (χ1) is 20.2. The molecule has 2 aliphatic rings. The minimum Gasteiger partial charge on any atom is -0.483 e. The molecule has 13 heteroatoms. The molecular formula is C29H22N4O7S2. The highest BCUT2D eigenvalue weighted by molar-refractivity contribution is 8.00. The predicted molar refractivity (Wildman–Crippen MR) is 157 cm³/mol. The molecule has 0 unspecified atom stereocenters. The largest absolute Gasteiger partial charge is 0.483 e. The van der Waals surface area contributed by atoms with E-state index in [-0.39, 0.29) is 28.8 Å². The highest BCUT2D eigenvalue weighted by atomic mass is 32.2. The number of nitro groups is 1. The summed E-state index contributed by atoms with van der Waals surface area (Å²) in [5.41, 5.74) is 2.23. The second-order valence-corrected chi connectivity index (χ2v) is 11.9. The Kier molecular flexibility index (Phi) is 7.12. The predicted octanol–water partition coefficient (Wildman–Crippen LogP) is 4.47. The number of aryl methyl sites for hydroxylation is 1. The van der Waals surface area contributed by atoms with Crippen LogP contribution in [0.4, 0.5) is 17.1 Å². The lowest BCUT2D eigenvalue weighted by Gasteiger charge is -2.30. The lowest BCUT2D eigenvalue weighted by Crippen LogP contribution is -2.32. The number of amides is 3. The van der Waals surface area contributed by atoms with Crippen LogP contribution in [0.25, 0.3) is 0 Å². The molecule has 0 bridgehead atoms. The van der Waals surface area contributed by atoms with E-state index in [1.807, 2.05) is 25.1 Å². The number of thiazole rings is 1. The van der Waals surface area contributed by atoms with Crippen molar-refractivity contribution in [1.29, 1.82) is 0 Å². The van der Waals surface area contributed by atoms with Gasteiger partial charge in [0.25, 0.3) is 11.6 Å². The van der Waals surface area contributed by atoms with Crippen molar-refractivity contribution in [2.45, 2.75) is 23.1 Å². The van der Waals surface area contributed by atoms with Gasteiger partial charge in [-0.15, -0.1) is 0 Å². The van der Waals surface area contributed by atoms with Crippen molar-refractivity contribution in [3.63, 3.8) is 0 Å². The van der Waals surface area contributed by atoms with Gasteiger partial charge in [0.2, 0.25) is 11.8 Å². The number of thioether (sulfide) groups is 1. The molecule has 1 aromatic heterocycles. The summed E-state index contributed by atoms with van der Waals surface area (Å²) in [6.45, 7) is 1.61. The molecule has 0 radical (unpaired) electrons. The summed E-state index contributed by atoms with van der Waals surface area (Å²) in [4.78, 5) is 67.4. The van der Waals surface area contributed by atoms with E-state index in [4.69, 9.17) is 4.74 Å². The summed E-state index contributed by atoms with van der Waals surface area (Å²) in [6, 6.07) is 19.5. The average Bonchev–Trinajstić information content (AvgIpc) is 3.46. The van der Waals surface area contributed by atoms with Crippen LogP contribution in [-0.4, -0.2) is 39.5 Å². The van der Waals surface area contributed by atoms with E-state index in [1.165, 1.54) is 24.3 Å². The number of nitrogens with zero attached hydrogens (tertiary/aromatic N) is 2. The van der Waals surface area contributed by atoms with E-state index in [1.54, 1.807) is 30.3 Å². The third-order valence-corrected chi connectivity index (χ3v) is 9.46. The topological polar surface area (TPSA) is 152 Å². The molecular weight excluding hydrogens is 580 g/mol. The van der Waals surface area contributed by atoms with E-state index in [9.17, 15) is 29.3 Å². The molecule has 6 rings (SSSR count). The first kappa shape index (κ1) is 27.4. The first-order valence-electron chi connectivity index (χ1n) is 12.8. The number of benzene rings is 3. The minimum absolute atomic E-state index is 0.167. The lowest BCUT2D eigenvalue weighted by atomic mass is 9.82. The van der Waals surface area contributed by atoms with E-state index in [2.05, 4.69) is 10.3 Å². The summed E-state index contributed by atoms with van der Waals surface area (Å²) in [5, 5.41) is 13.6. The third-order valence-electron chi connectivity index (χ3n) is 7.06. The van der Waals surface area contributed by atoms with Crippen LogP contribution in [0, 0.1) is 23.0 Å². The molecule has 2 aliphatic heterocycles. The van der Waals surface area contributed by atoms with Crippen molar-refractivity contribution < 1.29 is 24.0 Å². The number of anilines is 2. The van der Waals surface area contributed by atoms with Crippen LogP contribution in [0.15, 0.2) is 82.6 Å². The Balaban J connectivity index is 1.33. The van der Waals surface area contributed by atoms with Crippen LogP contribution in [0.5, 0.6) is 5.75 Å². The molecule has 3 amide bonds. The summed E-state index contributed by atoms with van der Waals surface area (Å²) >= 11 is 2.08. The van der Waals surface area contributed by atoms with E-state index in [0.717, 1.165) is 33.6 Å². The quantitative estimate of drug-likeness (QED) is 0.179. The number of hydrogen-bond acceptors (Lipinski definition) is 9. The highest BCUT2D eigenvalue weighted by Crippen LogP contribution is 2.54. The number of aromatic nitrogens is 1. The van der Waals surface area contributed by atoms with Crippen LogP contribution >= 0.6 is 23.1 Å². The SMILES string of the molecule is Cc1cccc(NC(=O)COc2ccccc2[C@@H]2c3sc(=O)[nH]c3S[C@H]3C(=O)N(c4ccc([N+](=O)[O-])cc4)C(=O)[C@@H]23)c1. The molecule has 3 atom stereocenters. The van der Waals surface area contributed by atoms with E-state index < -0.39 is 33.8 Å². The lowest BCUT2D eigenvalue weighted by molar-refractivity contribution is -0.384. The fourth-order valence-corrected chi connectivity index (χ4v) is 7.77. The van der Waals surface area contributed by atoms with Gasteiger partial charge in [-0.05, 0) is 42.8 Å². The number of nitrogens with one attached hydrogen (secondary N) is 2. The number of hydrogen-bond donors (Lipinski definition) is 2. The Hall–Kier alpha value is -4.75. The fraction of sp³-hybridized carbons (Fsp3) is 0.172. The molecule has 0 spiro atoms. The van der Waals surface area contributed by atoms with Crippen LogP contribution in [-0.2, 0) is 14.4 Å². The number of fused-ring (bicyclic) bond motifs is 2. The number of carbonyl (C=O) groups excluding carboxylic acids is 3. The van der Waals surface area contributed by atoms with Gasteiger partial charge in [0.05, 0.1) is 21.6 Å². The van der Waals surface area contributed by atoms with Gasteiger partial charge < -0.3 is 15.0 Å². The van der Waals surface area contributed by atoms with Gasteiger partial charge in [-0.3, -0.25) is 29.3 Å². The minimum atomic E-state index is -0.887. The van der Waals surface area contributed by atoms with Crippen LogP contribution in [0.3, 0.4) is 0 Å². The zero-order valence-electron chi connectivity index (χ0n) is 21.9. The van der Waals surface area contributed by atoms with Crippen LogP contribution in [0.1, 0.15) is 21.9 Å². The van der Waals surface area contributed by atoms with Gasteiger partial charge in [-0.1, -0.05) is 53.4 Å². The molecule has 212 valence electrons. The molecule has 1 fully saturated rings. The van der Waals surface area contributed by atoms with Crippen molar-refractivity contribution in [2.24, 2.45) is 5.92 Å². The highest BCUT2D eigenvalue weighted by Gasteiger charge is 2.56. The van der Waals surface area contributed by atoms with E-state index >= 15 is 0 Å². The molecule has 4 aromatic rings. The number of para-hydroxylation sites is 1. The summed E-state index contributed by atoms with van der Waals surface area (Å²) in [5.74, 6) is -2.62. The Morgan fingerprint density at radius 1 is 1.05 bits per heavy atom. The summed E-state index contributed by atoms with van der Waals surface area (Å²) < 4.78 is 5.96. The van der Waals surface area contributed by atoms with Gasteiger partial charge >= 0.3 is 4.87 Å². The number of imide groups is 1. The Morgan fingerprint density at radius 3 is 2.55 bits per heavy atom. The molecule has 3 aromatic carbocycles. The number of non-ortho nitro benzene ring substituents is 1. The number of ether oxygens (including phenoxy) is 1. The molecule has 42 heavy (non-hydrogen) atoms. The molecule has 2 N–H and O–H groups in total. The smallest absolute Gasteiger partial charge is 0.305 e. The second-order valence-electron chi connectivity index (χ2n) is 9.78. The van der Waals surface area contributed by atoms with Gasteiger partial charge in [-0.25, -0.2) is 4.90 Å². The van der Waals surface area contributed by atoms with Crippen molar-refractivity contribution in [3.05, 3.63) is 109 Å². The number of aromatic amines is 1. The maximum absolute atomic E-state index is 13.9. The Labute approximate surface area is 246 Å². The van der Waals surface area contributed by atoms with Gasteiger partial charge in [-0.2, -0.15) is 0 Å². The third kappa shape index (κ3) is 4.97. The Morgan fingerprint density at radius 2 is 1.81 bits per heavy atom. The van der Waals surface area contributed by atoms with Gasteiger partial charge in [0.15, 0.2) is 6.61 Å². The van der Waals surface area contributed by atoms with Crippen molar-refractivity contribution in [2.75, 3.05) is 16.8 Å². The monoisotopic (exact) mass is 602 g/mol. The first-order valence-corrected chi connectivity index (χ1v) is 14.5. The zero-order valence-corrected chi connectivity index (χ0v) is 23.6. The standard InChI is InChI=1S/C29H22N4O7S2/c1-15-5-4-6-16(13-15)30-21(34)14-40-20-8-3-2-7-19(20)22-23-25(41-26-24(22)42-29(37)31-26)28(36)32(27(23)35)17-9-11-18(12-10-17)33(38)39/h2-13,22-23,25H,14H2,1H3,(H,30,34)(H,31,37)/t22-,23-,25+/m0/s1. The van der Waals surface area contributed by atoms with E-state index in [0.29, 0.717) is 26.9 Å².